The van der Waals surface area contributed by atoms with E-state index < -0.39 is 0 Å². The average Bonchev–Trinajstić information content (AvgIpc) is 2.53. The van der Waals surface area contributed by atoms with E-state index in [1.54, 1.807) is 20.3 Å². The van der Waals surface area contributed by atoms with Crippen LogP contribution in [0.3, 0.4) is 0 Å². The molecule has 0 aliphatic carbocycles. The molecule has 1 aromatic heterocycles. The summed E-state index contributed by atoms with van der Waals surface area (Å²) < 4.78 is 10.7. The lowest BCUT2D eigenvalue weighted by molar-refractivity contribution is 0.356. The molecule has 0 unspecified atom stereocenters. The number of pyridine rings is 1. The Kier molecular flexibility index (Phi) is 3.36. The SMILES string of the molecule is COc1cccc(-c2cc3ccccc3[nH]c2=O)c1OC. The number of para-hydroxylation sites is 2. The zero-order valence-electron chi connectivity index (χ0n) is 11.8. The van der Waals surface area contributed by atoms with Crippen LogP contribution in [0.5, 0.6) is 11.5 Å². The maximum Gasteiger partial charge on any atom is 0.256 e. The lowest BCUT2D eigenvalue weighted by atomic mass is 10.0. The molecule has 0 saturated carbocycles. The first-order valence-corrected chi connectivity index (χ1v) is 6.58. The van der Waals surface area contributed by atoms with Gasteiger partial charge in [-0.3, -0.25) is 4.79 Å². The van der Waals surface area contributed by atoms with Crippen LogP contribution in [0.2, 0.25) is 0 Å². The minimum atomic E-state index is -0.153. The summed E-state index contributed by atoms with van der Waals surface area (Å²) in [6.07, 6.45) is 0. The molecular weight excluding hydrogens is 266 g/mol. The molecule has 21 heavy (non-hydrogen) atoms. The van der Waals surface area contributed by atoms with E-state index in [0.717, 1.165) is 10.9 Å². The fourth-order valence-corrected chi connectivity index (χ4v) is 2.45. The topological polar surface area (TPSA) is 51.3 Å². The maximum atomic E-state index is 12.3. The lowest BCUT2D eigenvalue weighted by Gasteiger charge is -2.12. The third kappa shape index (κ3) is 2.25. The van der Waals surface area contributed by atoms with Gasteiger partial charge in [-0.1, -0.05) is 30.3 Å². The first kappa shape index (κ1) is 13.2. The average molecular weight is 281 g/mol. The van der Waals surface area contributed by atoms with Gasteiger partial charge in [0.2, 0.25) is 0 Å². The van der Waals surface area contributed by atoms with Crippen molar-refractivity contribution in [3.8, 4) is 22.6 Å². The molecule has 0 saturated heterocycles. The van der Waals surface area contributed by atoms with E-state index >= 15 is 0 Å². The van der Waals surface area contributed by atoms with Crippen molar-refractivity contribution >= 4 is 10.9 Å². The van der Waals surface area contributed by atoms with Gasteiger partial charge in [0.05, 0.1) is 19.8 Å². The molecule has 1 N–H and O–H groups in total. The number of H-pyrrole nitrogens is 1. The molecule has 1 heterocycles. The zero-order valence-corrected chi connectivity index (χ0v) is 11.8. The summed E-state index contributed by atoms with van der Waals surface area (Å²) >= 11 is 0. The van der Waals surface area contributed by atoms with Gasteiger partial charge in [0.25, 0.3) is 5.56 Å². The van der Waals surface area contributed by atoms with Crippen LogP contribution in [0.25, 0.3) is 22.0 Å². The Bertz CT molecular complexity index is 852. The Hall–Kier alpha value is -2.75. The van der Waals surface area contributed by atoms with Crippen molar-refractivity contribution in [2.24, 2.45) is 0 Å². The van der Waals surface area contributed by atoms with Gasteiger partial charge in [-0.25, -0.2) is 0 Å². The number of nitrogens with one attached hydrogen (secondary N) is 1. The van der Waals surface area contributed by atoms with E-state index in [-0.39, 0.29) is 5.56 Å². The number of methoxy groups -OCH3 is 2. The second-order valence-corrected chi connectivity index (χ2v) is 4.64. The summed E-state index contributed by atoms with van der Waals surface area (Å²) in [5.41, 5.74) is 1.93. The van der Waals surface area contributed by atoms with Crippen molar-refractivity contribution in [1.82, 2.24) is 4.98 Å². The molecule has 2 aromatic carbocycles. The molecule has 4 heteroatoms. The van der Waals surface area contributed by atoms with Crippen LogP contribution in [-0.2, 0) is 0 Å². The number of rotatable bonds is 3. The number of hydrogen-bond donors (Lipinski definition) is 1. The van der Waals surface area contributed by atoms with E-state index in [1.807, 2.05) is 42.5 Å². The van der Waals surface area contributed by atoms with E-state index in [4.69, 9.17) is 9.47 Å². The predicted octanol–water partition coefficient (Wildman–Crippen LogP) is 3.21. The third-order valence-electron chi connectivity index (χ3n) is 3.45. The second-order valence-electron chi connectivity index (χ2n) is 4.64. The van der Waals surface area contributed by atoms with E-state index in [9.17, 15) is 4.79 Å². The molecule has 0 aliphatic rings. The summed E-state index contributed by atoms with van der Waals surface area (Å²) in [4.78, 5) is 15.2. The maximum absolute atomic E-state index is 12.3. The minimum Gasteiger partial charge on any atom is -0.493 e. The van der Waals surface area contributed by atoms with Crippen molar-refractivity contribution < 1.29 is 9.47 Å². The highest BCUT2D eigenvalue weighted by Gasteiger charge is 2.14. The molecule has 3 aromatic rings. The molecule has 0 fully saturated rings. The number of hydrogen-bond acceptors (Lipinski definition) is 3. The standard InChI is InChI=1S/C17H15NO3/c1-20-15-9-5-7-12(16(15)21-2)13-10-11-6-3-4-8-14(11)18-17(13)19/h3-10H,1-2H3,(H,18,19). The van der Waals surface area contributed by atoms with Gasteiger partial charge in [0.15, 0.2) is 11.5 Å². The Morgan fingerprint density at radius 2 is 1.71 bits per heavy atom. The monoisotopic (exact) mass is 281 g/mol. The molecule has 0 amide bonds. The van der Waals surface area contributed by atoms with E-state index in [0.29, 0.717) is 22.6 Å². The second kappa shape index (κ2) is 5.32. The number of ether oxygens (including phenoxy) is 2. The number of fused-ring (bicyclic) bond motifs is 1. The van der Waals surface area contributed by atoms with Gasteiger partial charge in [-0.2, -0.15) is 0 Å². The Morgan fingerprint density at radius 1 is 0.905 bits per heavy atom. The Balaban J connectivity index is 2.30. The highest BCUT2D eigenvalue weighted by Crippen LogP contribution is 2.36. The van der Waals surface area contributed by atoms with Crippen molar-refractivity contribution in [1.29, 1.82) is 0 Å². The van der Waals surface area contributed by atoms with Gasteiger partial charge in [-0.15, -0.1) is 0 Å². The smallest absolute Gasteiger partial charge is 0.256 e. The van der Waals surface area contributed by atoms with Gasteiger partial charge in [0.1, 0.15) is 0 Å². The first-order valence-electron chi connectivity index (χ1n) is 6.58. The van der Waals surface area contributed by atoms with Gasteiger partial charge in [-0.05, 0) is 23.6 Å². The zero-order chi connectivity index (χ0) is 14.8. The van der Waals surface area contributed by atoms with Crippen LogP contribution in [0.1, 0.15) is 0 Å². The van der Waals surface area contributed by atoms with Crippen molar-refractivity contribution in [3.63, 3.8) is 0 Å². The van der Waals surface area contributed by atoms with Crippen molar-refractivity contribution in [2.45, 2.75) is 0 Å². The van der Waals surface area contributed by atoms with Crippen LogP contribution in [0.4, 0.5) is 0 Å². The van der Waals surface area contributed by atoms with Crippen LogP contribution in [0, 0.1) is 0 Å². The molecule has 0 bridgehead atoms. The molecule has 4 nitrogen and oxygen atoms in total. The fourth-order valence-electron chi connectivity index (χ4n) is 2.45. The summed E-state index contributed by atoms with van der Waals surface area (Å²) in [5, 5.41) is 0.969. The fraction of sp³-hybridized carbons (Fsp3) is 0.118. The number of benzene rings is 2. The summed E-state index contributed by atoms with van der Waals surface area (Å²) in [6.45, 7) is 0. The highest BCUT2D eigenvalue weighted by molar-refractivity contribution is 5.85. The normalized spacial score (nSPS) is 10.6. The first-order chi connectivity index (χ1) is 10.2. The minimum absolute atomic E-state index is 0.153. The quantitative estimate of drug-likeness (QED) is 0.802. The van der Waals surface area contributed by atoms with E-state index in [1.165, 1.54) is 0 Å². The summed E-state index contributed by atoms with van der Waals surface area (Å²) in [7, 11) is 3.14. The largest absolute Gasteiger partial charge is 0.493 e. The Morgan fingerprint density at radius 3 is 2.48 bits per heavy atom. The molecule has 0 aliphatic heterocycles. The van der Waals surface area contributed by atoms with Gasteiger partial charge < -0.3 is 14.5 Å². The van der Waals surface area contributed by atoms with Crippen LogP contribution < -0.4 is 15.0 Å². The molecule has 106 valence electrons. The van der Waals surface area contributed by atoms with Crippen LogP contribution in [0.15, 0.2) is 53.3 Å². The highest BCUT2D eigenvalue weighted by atomic mass is 16.5. The van der Waals surface area contributed by atoms with Crippen molar-refractivity contribution in [3.05, 3.63) is 58.9 Å². The van der Waals surface area contributed by atoms with E-state index in [2.05, 4.69) is 4.98 Å². The number of aromatic amines is 1. The molecule has 0 radical (unpaired) electrons. The predicted molar refractivity (Wildman–Crippen MR) is 83.1 cm³/mol. The molecule has 3 rings (SSSR count). The number of aromatic nitrogens is 1. The lowest BCUT2D eigenvalue weighted by Crippen LogP contribution is -2.09. The van der Waals surface area contributed by atoms with Crippen LogP contribution >= 0.6 is 0 Å². The molecule has 0 atom stereocenters. The van der Waals surface area contributed by atoms with Gasteiger partial charge in [0, 0.05) is 11.1 Å². The van der Waals surface area contributed by atoms with Crippen molar-refractivity contribution in [2.75, 3.05) is 14.2 Å². The Labute approximate surface area is 122 Å². The third-order valence-corrected chi connectivity index (χ3v) is 3.45. The molecular formula is C17H15NO3. The molecule has 0 spiro atoms. The summed E-state index contributed by atoms with van der Waals surface area (Å²) in [5.74, 6) is 1.16. The van der Waals surface area contributed by atoms with Crippen LogP contribution in [-0.4, -0.2) is 19.2 Å². The summed E-state index contributed by atoms with van der Waals surface area (Å²) in [6, 6.07) is 15.0. The van der Waals surface area contributed by atoms with Gasteiger partial charge >= 0.3 is 0 Å².